The van der Waals surface area contributed by atoms with Gasteiger partial charge in [0, 0.05) is 20.2 Å². The molecular formula is C13H18FNO2. The number of nitrogens with zero attached hydrogens (tertiary/aromatic N) is 1. The number of hydrogen-bond donors (Lipinski definition) is 0. The highest BCUT2D eigenvalue weighted by molar-refractivity contribution is 5.94. The molecule has 0 atom stereocenters. The predicted octanol–water partition coefficient (Wildman–Crippen LogP) is 2.24. The fourth-order valence-corrected chi connectivity index (χ4v) is 1.45. The van der Waals surface area contributed by atoms with Crippen molar-refractivity contribution in [3.8, 4) is 0 Å². The smallest absolute Gasteiger partial charge is 0.256 e. The van der Waals surface area contributed by atoms with Crippen LogP contribution in [-0.2, 0) is 4.74 Å². The molecule has 4 heteroatoms. The quantitative estimate of drug-likeness (QED) is 0.737. The summed E-state index contributed by atoms with van der Waals surface area (Å²) in [5, 5.41) is 0. The van der Waals surface area contributed by atoms with Crippen LogP contribution in [0.5, 0.6) is 0 Å². The molecular weight excluding hydrogens is 221 g/mol. The van der Waals surface area contributed by atoms with Gasteiger partial charge < -0.3 is 9.64 Å². The highest BCUT2D eigenvalue weighted by Crippen LogP contribution is 2.11. The molecule has 0 unspecified atom stereocenters. The summed E-state index contributed by atoms with van der Waals surface area (Å²) in [6, 6.07) is 4.61. The van der Waals surface area contributed by atoms with Crippen LogP contribution in [0.1, 0.15) is 22.8 Å². The Morgan fingerprint density at radius 1 is 1.47 bits per heavy atom. The van der Waals surface area contributed by atoms with Crippen molar-refractivity contribution in [1.82, 2.24) is 4.90 Å². The lowest BCUT2D eigenvalue weighted by atomic mass is 10.1. The topological polar surface area (TPSA) is 29.5 Å². The molecule has 0 aliphatic carbocycles. The van der Waals surface area contributed by atoms with Crippen LogP contribution in [0, 0.1) is 12.7 Å². The zero-order valence-electron chi connectivity index (χ0n) is 10.5. The Morgan fingerprint density at radius 3 is 2.76 bits per heavy atom. The first-order valence-corrected chi connectivity index (χ1v) is 5.65. The first kappa shape index (κ1) is 13.6. The van der Waals surface area contributed by atoms with Crippen molar-refractivity contribution < 1.29 is 13.9 Å². The Morgan fingerprint density at radius 2 is 2.18 bits per heavy atom. The standard InChI is InChI=1S/C13H18FNO2/c1-4-17-8-7-15(3)13(16)11-6-5-10(2)9-12(11)14/h5-6,9H,4,7-8H2,1-3H3. The van der Waals surface area contributed by atoms with Crippen molar-refractivity contribution >= 4 is 5.91 Å². The fraction of sp³-hybridized carbons (Fsp3) is 0.462. The van der Waals surface area contributed by atoms with Crippen LogP contribution in [0.3, 0.4) is 0 Å². The number of aryl methyl sites for hydroxylation is 1. The Labute approximate surface area is 101 Å². The maximum Gasteiger partial charge on any atom is 0.256 e. The van der Waals surface area contributed by atoms with Crippen molar-refractivity contribution in [2.75, 3.05) is 26.8 Å². The van der Waals surface area contributed by atoms with Crippen molar-refractivity contribution in [2.24, 2.45) is 0 Å². The average molecular weight is 239 g/mol. The Balaban J connectivity index is 2.68. The van der Waals surface area contributed by atoms with Gasteiger partial charge in [-0.2, -0.15) is 0 Å². The van der Waals surface area contributed by atoms with Crippen LogP contribution in [0.25, 0.3) is 0 Å². The van der Waals surface area contributed by atoms with Gasteiger partial charge >= 0.3 is 0 Å². The molecule has 1 aromatic carbocycles. The van der Waals surface area contributed by atoms with Crippen molar-refractivity contribution in [2.45, 2.75) is 13.8 Å². The molecule has 0 heterocycles. The highest BCUT2D eigenvalue weighted by Gasteiger charge is 2.15. The molecule has 1 aromatic rings. The summed E-state index contributed by atoms with van der Waals surface area (Å²) in [4.78, 5) is 13.4. The van der Waals surface area contributed by atoms with E-state index in [0.29, 0.717) is 19.8 Å². The summed E-state index contributed by atoms with van der Waals surface area (Å²) in [5.41, 5.74) is 0.908. The minimum atomic E-state index is -0.474. The number of hydrogen-bond acceptors (Lipinski definition) is 2. The number of likely N-dealkylation sites (N-methyl/N-ethyl adjacent to an activating group) is 1. The molecule has 17 heavy (non-hydrogen) atoms. The molecule has 0 aromatic heterocycles. The lowest BCUT2D eigenvalue weighted by Crippen LogP contribution is -2.30. The number of rotatable bonds is 5. The molecule has 0 aliphatic heterocycles. The van der Waals surface area contributed by atoms with E-state index in [1.807, 2.05) is 6.92 Å². The molecule has 94 valence electrons. The van der Waals surface area contributed by atoms with E-state index in [1.54, 1.807) is 20.0 Å². The summed E-state index contributed by atoms with van der Waals surface area (Å²) in [6.45, 7) is 5.21. The van der Waals surface area contributed by atoms with E-state index < -0.39 is 5.82 Å². The maximum absolute atomic E-state index is 13.6. The van der Waals surface area contributed by atoms with Gasteiger partial charge in [-0.25, -0.2) is 4.39 Å². The fourth-order valence-electron chi connectivity index (χ4n) is 1.45. The first-order valence-electron chi connectivity index (χ1n) is 5.65. The van der Waals surface area contributed by atoms with Crippen LogP contribution in [0.4, 0.5) is 4.39 Å². The number of ether oxygens (including phenoxy) is 1. The molecule has 0 aliphatic rings. The first-order chi connectivity index (χ1) is 8.06. The third-order valence-electron chi connectivity index (χ3n) is 2.48. The predicted molar refractivity (Wildman–Crippen MR) is 64.6 cm³/mol. The van der Waals surface area contributed by atoms with Crippen LogP contribution in [0.15, 0.2) is 18.2 Å². The summed E-state index contributed by atoms with van der Waals surface area (Å²) in [5.74, 6) is -0.791. The van der Waals surface area contributed by atoms with Gasteiger partial charge in [-0.15, -0.1) is 0 Å². The number of carbonyl (C=O) groups is 1. The van der Waals surface area contributed by atoms with Crippen LogP contribution < -0.4 is 0 Å². The Bertz CT molecular complexity index is 393. The molecule has 0 saturated heterocycles. The number of carbonyl (C=O) groups excluding carboxylic acids is 1. The monoisotopic (exact) mass is 239 g/mol. The number of benzene rings is 1. The van der Waals surface area contributed by atoms with Gasteiger partial charge in [-0.3, -0.25) is 4.79 Å². The van der Waals surface area contributed by atoms with Gasteiger partial charge in [-0.05, 0) is 31.5 Å². The average Bonchev–Trinajstić information content (AvgIpc) is 2.28. The van der Waals surface area contributed by atoms with E-state index in [-0.39, 0.29) is 11.5 Å². The largest absolute Gasteiger partial charge is 0.380 e. The SMILES string of the molecule is CCOCCN(C)C(=O)c1ccc(C)cc1F. The van der Waals surface area contributed by atoms with E-state index in [0.717, 1.165) is 5.56 Å². The Hall–Kier alpha value is -1.42. The van der Waals surface area contributed by atoms with Crippen molar-refractivity contribution in [3.05, 3.63) is 35.1 Å². The third-order valence-corrected chi connectivity index (χ3v) is 2.48. The van der Waals surface area contributed by atoms with Gasteiger partial charge in [0.2, 0.25) is 0 Å². The lowest BCUT2D eigenvalue weighted by molar-refractivity contribution is 0.0705. The molecule has 0 fully saturated rings. The third kappa shape index (κ3) is 3.82. The van der Waals surface area contributed by atoms with E-state index in [2.05, 4.69) is 0 Å². The van der Waals surface area contributed by atoms with Crippen molar-refractivity contribution in [1.29, 1.82) is 0 Å². The maximum atomic E-state index is 13.6. The molecule has 3 nitrogen and oxygen atoms in total. The summed E-state index contributed by atoms with van der Waals surface area (Å²) in [7, 11) is 1.64. The summed E-state index contributed by atoms with van der Waals surface area (Å²) < 4.78 is 18.7. The molecule has 1 amide bonds. The minimum Gasteiger partial charge on any atom is -0.380 e. The van der Waals surface area contributed by atoms with E-state index in [9.17, 15) is 9.18 Å². The van der Waals surface area contributed by atoms with Gasteiger partial charge in [0.15, 0.2) is 0 Å². The molecule has 1 rings (SSSR count). The zero-order chi connectivity index (χ0) is 12.8. The zero-order valence-corrected chi connectivity index (χ0v) is 10.5. The molecule has 0 saturated carbocycles. The minimum absolute atomic E-state index is 0.106. The van der Waals surface area contributed by atoms with Gasteiger partial charge in [0.25, 0.3) is 5.91 Å². The number of halogens is 1. The number of amides is 1. The summed E-state index contributed by atoms with van der Waals surface area (Å²) in [6.07, 6.45) is 0. The highest BCUT2D eigenvalue weighted by atomic mass is 19.1. The Kier molecular flexibility index (Phi) is 5.10. The van der Waals surface area contributed by atoms with Crippen LogP contribution in [0.2, 0.25) is 0 Å². The van der Waals surface area contributed by atoms with Gasteiger partial charge in [0.05, 0.1) is 12.2 Å². The van der Waals surface area contributed by atoms with E-state index in [4.69, 9.17) is 4.74 Å². The van der Waals surface area contributed by atoms with Gasteiger partial charge in [-0.1, -0.05) is 6.07 Å². The van der Waals surface area contributed by atoms with Crippen molar-refractivity contribution in [3.63, 3.8) is 0 Å². The molecule has 0 bridgehead atoms. The molecule has 0 radical (unpaired) electrons. The second-order valence-corrected chi connectivity index (χ2v) is 3.91. The summed E-state index contributed by atoms with van der Waals surface area (Å²) >= 11 is 0. The second-order valence-electron chi connectivity index (χ2n) is 3.91. The van der Waals surface area contributed by atoms with Gasteiger partial charge in [0.1, 0.15) is 5.82 Å². The van der Waals surface area contributed by atoms with E-state index >= 15 is 0 Å². The van der Waals surface area contributed by atoms with Crippen LogP contribution >= 0.6 is 0 Å². The second kappa shape index (κ2) is 6.35. The molecule has 0 N–H and O–H groups in total. The lowest BCUT2D eigenvalue weighted by Gasteiger charge is -2.17. The van der Waals surface area contributed by atoms with E-state index in [1.165, 1.54) is 17.0 Å². The normalized spacial score (nSPS) is 10.4. The molecule has 0 spiro atoms. The van der Waals surface area contributed by atoms with Crippen LogP contribution in [-0.4, -0.2) is 37.6 Å².